The Morgan fingerprint density at radius 1 is 1.53 bits per heavy atom. The highest BCUT2D eigenvalue weighted by Gasteiger charge is 2.24. The Morgan fingerprint density at radius 2 is 2.18 bits per heavy atom. The third kappa shape index (κ3) is 1.63. The van der Waals surface area contributed by atoms with Crippen LogP contribution in [0.15, 0.2) is 6.20 Å². The van der Waals surface area contributed by atoms with Gasteiger partial charge < -0.3 is 24.6 Å². The zero-order chi connectivity index (χ0) is 12.7. The van der Waals surface area contributed by atoms with Crippen LogP contribution in [-0.2, 0) is 11.3 Å². The number of rotatable bonds is 3. The summed E-state index contributed by atoms with van der Waals surface area (Å²) in [4.78, 5) is 24.6. The van der Waals surface area contributed by atoms with E-state index in [-0.39, 0.29) is 11.5 Å². The first-order valence-corrected chi connectivity index (χ1v) is 4.81. The lowest BCUT2D eigenvalue weighted by Gasteiger charge is -2.06. The molecule has 0 aliphatic rings. The van der Waals surface area contributed by atoms with Gasteiger partial charge in [-0.05, 0) is 16.8 Å². The smallest absolute Gasteiger partial charge is 0.407 e. The van der Waals surface area contributed by atoms with Crippen LogP contribution in [0.3, 0.4) is 0 Å². The van der Waals surface area contributed by atoms with Gasteiger partial charge in [-0.1, -0.05) is 0 Å². The fourth-order valence-corrected chi connectivity index (χ4v) is 1.80. The summed E-state index contributed by atoms with van der Waals surface area (Å²) in [6.07, 6.45) is 1.60. The number of carboxylic acid groups (broad SMARTS) is 1. The number of hydrogen-bond donors (Lipinski definition) is 0. The van der Waals surface area contributed by atoms with Gasteiger partial charge in [0.2, 0.25) is 11.5 Å². The van der Waals surface area contributed by atoms with E-state index in [1.54, 1.807) is 20.0 Å². The second-order valence-corrected chi connectivity index (χ2v) is 3.66. The van der Waals surface area contributed by atoms with Crippen molar-refractivity contribution in [1.82, 2.24) is 14.0 Å². The van der Waals surface area contributed by atoms with Crippen molar-refractivity contribution in [3.63, 3.8) is 0 Å². The van der Waals surface area contributed by atoms with Gasteiger partial charge in [0.15, 0.2) is 0 Å². The monoisotopic (exact) mass is 237 g/mol. The first kappa shape index (κ1) is 11.1. The number of carboxylic acids is 1. The Hall–Kier alpha value is -2.38. The molecule has 0 saturated carbocycles. The van der Waals surface area contributed by atoms with Crippen molar-refractivity contribution in [3.8, 4) is 0 Å². The van der Waals surface area contributed by atoms with E-state index in [2.05, 4.69) is 4.98 Å². The number of aryl methyl sites for hydroxylation is 2. The van der Waals surface area contributed by atoms with Crippen molar-refractivity contribution in [2.75, 3.05) is 0 Å². The zero-order valence-electron chi connectivity index (χ0n) is 9.21. The molecule has 2 heterocycles. The standard InChI is InChI=1S/C9H10N4O4/c1-5-3-12-6(2)10-8(13(16)17)9(12)11(5)4-7(14)15/h3H,4H2,1-2H3,(H,14,15)/p-1. The normalized spacial score (nSPS) is 10.9. The van der Waals surface area contributed by atoms with Crippen molar-refractivity contribution in [3.05, 3.63) is 27.8 Å². The van der Waals surface area contributed by atoms with E-state index in [0.717, 1.165) is 0 Å². The molecule has 0 aliphatic carbocycles. The molecule has 0 bridgehead atoms. The number of imidazole rings is 2. The molecule has 2 aromatic rings. The molecule has 0 spiro atoms. The van der Waals surface area contributed by atoms with Crippen molar-refractivity contribution in [1.29, 1.82) is 0 Å². The van der Waals surface area contributed by atoms with Crippen molar-refractivity contribution in [2.24, 2.45) is 0 Å². The Morgan fingerprint density at radius 3 is 2.71 bits per heavy atom. The molecule has 8 nitrogen and oxygen atoms in total. The van der Waals surface area contributed by atoms with Crippen LogP contribution in [0.1, 0.15) is 11.5 Å². The highest BCUT2D eigenvalue weighted by atomic mass is 16.6. The van der Waals surface area contributed by atoms with E-state index in [1.165, 1.54) is 8.97 Å². The number of nitrogens with zero attached hydrogens (tertiary/aromatic N) is 4. The Balaban J connectivity index is 2.77. The highest BCUT2D eigenvalue weighted by molar-refractivity contribution is 5.68. The average Bonchev–Trinajstić information content (AvgIpc) is 2.67. The lowest BCUT2D eigenvalue weighted by Crippen LogP contribution is -2.27. The summed E-state index contributed by atoms with van der Waals surface area (Å²) in [5, 5.41) is 21.4. The van der Waals surface area contributed by atoms with E-state index < -0.39 is 17.4 Å². The van der Waals surface area contributed by atoms with Crippen LogP contribution in [-0.4, -0.2) is 24.8 Å². The number of fused-ring (bicyclic) bond motifs is 1. The lowest BCUT2D eigenvalue weighted by molar-refractivity contribution is -0.387. The fraction of sp³-hybridized carbons (Fsp3) is 0.333. The minimum absolute atomic E-state index is 0.161. The Labute approximate surface area is 95.3 Å². The Bertz CT molecular complexity index is 624. The zero-order valence-corrected chi connectivity index (χ0v) is 9.21. The number of carbonyl (C=O) groups is 1. The molecular formula is C9H9N4O4-. The fourth-order valence-electron chi connectivity index (χ4n) is 1.80. The van der Waals surface area contributed by atoms with Gasteiger partial charge in [-0.3, -0.25) is 4.40 Å². The van der Waals surface area contributed by atoms with E-state index >= 15 is 0 Å². The predicted octanol–water partition coefficient (Wildman–Crippen LogP) is -0.589. The number of aliphatic carboxylic acids is 1. The molecule has 0 unspecified atom stereocenters. The first-order valence-electron chi connectivity index (χ1n) is 4.81. The minimum Gasteiger partial charge on any atom is -0.548 e. The molecule has 0 fully saturated rings. The topological polar surface area (TPSA) is 106 Å². The molecule has 17 heavy (non-hydrogen) atoms. The van der Waals surface area contributed by atoms with Crippen LogP contribution in [0.5, 0.6) is 0 Å². The highest BCUT2D eigenvalue weighted by Crippen LogP contribution is 2.23. The second-order valence-electron chi connectivity index (χ2n) is 3.66. The summed E-state index contributed by atoms with van der Waals surface area (Å²) >= 11 is 0. The summed E-state index contributed by atoms with van der Waals surface area (Å²) in [6.45, 7) is 2.84. The lowest BCUT2D eigenvalue weighted by atomic mass is 10.5. The minimum atomic E-state index is -1.31. The van der Waals surface area contributed by atoms with Crippen molar-refractivity contribution < 1.29 is 14.8 Å². The molecule has 2 aromatic heterocycles. The van der Waals surface area contributed by atoms with E-state index in [1.807, 2.05) is 0 Å². The summed E-state index contributed by atoms with van der Waals surface area (Å²) in [6, 6.07) is 0. The van der Waals surface area contributed by atoms with Gasteiger partial charge >= 0.3 is 5.82 Å². The molecule has 0 saturated heterocycles. The summed E-state index contributed by atoms with van der Waals surface area (Å²) in [7, 11) is 0. The van der Waals surface area contributed by atoms with E-state index in [9.17, 15) is 20.0 Å². The van der Waals surface area contributed by atoms with Crippen LogP contribution in [0, 0.1) is 24.0 Å². The van der Waals surface area contributed by atoms with Gasteiger partial charge in [-0.2, -0.15) is 0 Å². The van der Waals surface area contributed by atoms with Crippen LogP contribution in [0.4, 0.5) is 5.82 Å². The maximum atomic E-state index is 10.8. The van der Waals surface area contributed by atoms with E-state index in [4.69, 9.17) is 0 Å². The number of aromatic nitrogens is 3. The predicted molar refractivity (Wildman–Crippen MR) is 54.3 cm³/mol. The molecule has 0 radical (unpaired) electrons. The molecule has 2 rings (SSSR count). The molecule has 0 aliphatic heterocycles. The van der Waals surface area contributed by atoms with Gasteiger partial charge in [0.25, 0.3) is 0 Å². The maximum absolute atomic E-state index is 10.8. The molecule has 0 amide bonds. The maximum Gasteiger partial charge on any atom is 0.407 e. The quantitative estimate of drug-likeness (QED) is 0.524. The van der Waals surface area contributed by atoms with Crippen molar-refractivity contribution in [2.45, 2.75) is 20.4 Å². The van der Waals surface area contributed by atoms with Gasteiger partial charge in [-0.25, -0.2) is 0 Å². The first-order chi connectivity index (χ1) is 7.91. The van der Waals surface area contributed by atoms with Gasteiger partial charge in [0, 0.05) is 18.8 Å². The summed E-state index contributed by atoms with van der Waals surface area (Å²) in [5.41, 5.74) is 0.756. The number of hydrogen-bond acceptors (Lipinski definition) is 5. The molecule has 90 valence electrons. The SMILES string of the molecule is Cc1cn2c(C)nc([N+](=O)[O-])c2n1CC(=O)[O-]. The Kier molecular flexibility index (Phi) is 2.34. The van der Waals surface area contributed by atoms with Crippen LogP contribution < -0.4 is 5.11 Å². The van der Waals surface area contributed by atoms with Gasteiger partial charge in [-0.15, -0.1) is 0 Å². The number of nitro groups is 1. The molecule has 0 N–H and O–H groups in total. The third-order valence-electron chi connectivity index (χ3n) is 2.50. The van der Waals surface area contributed by atoms with Crippen LogP contribution in [0.25, 0.3) is 5.65 Å². The second kappa shape index (κ2) is 3.58. The largest absolute Gasteiger partial charge is 0.548 e. The van der Waals surface area contributed by atoms with Gasteiger partial charge in [0.05, 0.1) is 12.5 Å². The van der Waals surface area contributed by atoms with Gasteiger partial charge in [0.1, 0.15) is 0 Å². The summed E-state index contributed by atoms with van der Waals surface area (Å²) < 4.78 is 2.80. The van der Waals surface area contributed by atoms with E-state index in [0.29, 0.717) is 11.5 Å². The average molecular weight is 237 g/mol. The molecular weight excluding hydrogens is 228 g/mol. The molecule has 0 aromatic carbocycles. The third-order valence-corrected chi connectivity index (χ3v) is 2.50. The van der Waals surface area contributed by atoms with Crippen molar-refractivity contribution >= 4 is 17.4 Å². The molecule has 0 atom stereocenters. The molecule has 8 heteroatoms. The number of carbonyl (C=O) groups excluding carboxylic acids is 1. The van der Waals surface area contributed by atoms with Crippen LogP contribution >= 0.6 is 0 Å². The summed E-state index contributed by atoms with van der Waals surface area (Å²) in [5.74, 6) is -1.22. The van der Waals surface area contributed by atoms with Crippen LogP contribution in [0.2, 0.25) is 0 Å².